The molecule has 1 aromatic heterocycles. The van der Waals surface area contributed by atoms with Gasteiger partial charge in [-0.2, -0.15) is 18.4 Å². The highest BCUT2D eigenvalue weighted by atomic mass is 19.4. The zero-order valence-corrected chi connectivity index (χ0v) is 21.9. The lowest BCUT2D eigenvalue weighted by Gasteiger charge is -2.34. The van der Waals surface area contributed by atoms with Crippen LogP contribution in [-0.2, 0) is 4.79 Å². The van der Waals surface area contributed by atoms with E-state index >= 15 is 0 Å². The molecule has 1 aliphatic rings. The second-order valence-corrected chi connectivity index (χ2v) is 9.28. The van der Waals surface area contributed by atoms with Crippen LogP contribution in [0, 0.1) is 24.3 Å². The lowest BCUT2D eigenvalue weighted by Crippen LogP contribution is -2.47. The lowest BCUT2D eigenvalue weighted by atomic mass is 9.99. The third-order valence-electron chi connectivity index (χ3n) is 6.30. The van der Waals surface area contributed by atoms with Gasteiger partial charge in [0.25, 0.3) is 0 Å². The predicted molar refractivity (Wildman–Crippen MR) is 143 cm³/mol. The molecule has 3 aromatic rings. The summed E-state index contributed by atoms with van der Waals surface area (Å²) in [5.41, 5.74) is 3.88. The largest absolute Gasteiger partial charge is 0.490 e. The molecule has 2 heterocycles. The van der Waals surface area contributed by atoms with Crippen molar-refractivity contribution in [1.82, 2.24) is 14.9 Å². The minimum absolute atomic E-state index is 0.247. The Labute approximate surface area is 224 Å². The van der Waals surface area contributed by atoms with Gasteiger partial charge in [0, 0.05) is 31.4 Å². The number of rotatable bonds is 3. The van der Waals surface area contributed by atoms with E-state index in [1.807, 2.05) is 54.9 Å². The number of carbonyl (C=O) groups is 1. The van der Waals surface area contributed by atoms with Crippen LogP contribution in [0.1, 0.15) is 25.8 Å². The molecule has 1 aliphatic heterocycles. The van der Waals surface area contributed by atoms with Crippen LogP contribution < -0.4 is 10.2 Å². The zero-order chi connectivity index (χ0) is 28.6. The van der Waals surface area contributed by atoms with Crippen molar-refractivity contribution < 1.29 is 23.1 Å². The Balaban J connectivity index is 0.000000532. The average molecular weight is 542 g/mol. The van der Waals surface area contributed by atoms with Gasteiger partial charge in [0.15, 0.2) is 0 Å². The number of hydrogen-bond acceptors (Lipinski definition) is 6. The second-order valence-electron chi connectivity index (χ2n) is 9.28. The van der Waals surface area contributed by atoms with Crippen LogP contribution in [0.2, 0.25) is 0 Å². The highest BCUT2D eigenvalue weighted by Crippen LogP contribution is 2.24. The van der Waals surface area contributed by atoms with Crippen LogP contribution >= 0.6 is 0 Å². The Bertz CT molecular complexity index is 1350. The Hall–Kier alpha value is -4.40. The van der Waals surface area contributed by atoms with E-state index in [4.69, 9.17) is 14.9 Å². The number of carboxylic acid groups (broad SMARTS) is 1. The molecule has 0 spiro atoms. The van der Waals surface area contributed by atoms with Crippen LogP contribution in [0.15, 0.2) is 59.7 Å². The van der Waals surface area contributed by atoms with Gasteiger partial charge in [-0.15, -0.1) is 4.99 Å². The minimum atomic E-state index is -5.08. The summed E-state index contributed by atoms with van der Waals surface area (Å²) in [6.07, 6.45) is -0.292. The standard InChI is InChI=1S/C25H29N7.C2HF3O2/c1-18(2)23-12-13-31(24-16-27-21-10-6-7-11-22(21)29-24)14-15-32(23)25(28-17-26)30-20-9-5-4-8-19(20)3;3-2(4,5)1(6)7/h4-11,16,18,23H,12-15H2,1-3H3,(H,28,30);(H,6,7). The van der Waals surface area contributed by atoms with Crippen molar-refractivity contribution in [1.29, 1.82) is 5.26 Å². The fourth-order valence-corrected chi connectivity index (χ4v) is 4.28. The topological polar surface area (TPSA) is 118 Å². The number of para-hydroxylation sites is 3. The number of guanidine groups is 1. The maximum atomic E-state index is 10.6. The summed E-state index contributed by atoms with van der Waals surface area (Å²) in [4.78, 5) is 27.0. The van der Waals surface area contributed by atoms with Gasteiger partial charge in [-0.3, -0.25) is 4.98 Å². The average Bonchev–Trinajstić information content (AvgIpc) is 3.12. The maximum absolute atomic E-state index is 10.6. The van der Waals surface area contributed by atoms with Crippen LogP contribution in [0.4, 0.5) is 24.7 Å². The first-order valence-corrected chi connectivity index (χ1v) is 12.3. The summed E-state index contributed by atoms with van der Waals surface area (Å²) in [7, 11) is 0. The first kappa shape index (κ1) is 29.2. The molecule has 0 radical (unpaired) electrons. The van der Waals surface area contributed by atoms with Crippen molar-refractivity contribution >= 4 is 34.5 Å². The lowest BCUT2D eigenvalue weighted by molar-refractivity contribution is -0.192. The van der Waals surface area contributed by atoms with Crippen molar-refractivity contribution in [2.45, 2.75) is 39.4 Å². The molecule has 1 fully saturated rings. The Morgan fingerprint density at radius 2 is 1.77 bits per heavy atom. The number of aliphatic imine (C=N–C) groups is 1. The minimum Gasteiger partial charge on any atom is -0.475 e. The molecule has 0 saturated carbocycles. The molecule has 0 amide bonds. The molecule has 1 atom stereocenters. The van der Waals surface area contributed by atoms with Crippen LogP contribution in [0.25, 0.3) is 11.0 Å². The van der Waals surface area contributed by atoms with Gasteiger partial charge in [-0.05, 0) is 43.0 Å². The number of aromatic nitrogens is 2. The van der Waals surface area contributed by atoms with Gasteiger partial charge >= 0.3 is 12.1 Å². The van der Waals surface area contributed by atoms with E-state index < -0.39 is 12.1 Å². The first-order valence-electron chi connectivity index (χ1n) is 12.3. The van der Waals surface area contributed by atoms with Gasteiger partial charge in [0.1, 0.15) is 5.82 Å². The quantitative estimate of drug-likeness (QED) is 0.269. The number of alkyl halides is 3. The maximum Gasteiger partial charge on any atom is 0.490 e. The molecule has 0 aliphatic carbocycles. The van der Waals surface area contributed by atoms with Crippen molar-refractivity contribution in [3.8, 4) is 6.19 Å². The van der Waals surface area contributed by atoms with E-state index in [2.05, 4.69) is 51.9 Å². The molecule has 12 heteroatoms. The van der Waals surface area contributed by atoms with Crippen LogP contribution in [-0.4, -0.2) is 63.8 Å². The summed E-state index contributed by atoms with van der Waals surface area (Å²) in [5, 5.41) is 19.9. The number of benzene rings is 2. The number of anilines is 2. The molecular formula is C27H30F3N7O2. The van der Waals surface area contributed by atoms with Gasteiger partial charge in [0.2, 0.25) is 12.2 Å². The summed E-state index contributed by atoms with van der Waals surface area (Å²) >= 11 is 0. The number of nitrogens with one attached hydrogen (secondary N) is 1. The molecule has 206 valence electrons. The fourth-order valence-electron chi connectivity index (χ4n) is 4.28. The molecular weight excluding hydrogens is 511 g/mol. The second kappa shape index (κ2) is 12.9. The third kappa shape index (κ3) is 7.80. The normalized spacial score (nSPS) is 16.3. The zero-order valence-electron chi connectivity index (χ0n) is 21.9. The van der Waals surface area contributed by atoms with Crippen LogP contribution in [0.5, 0.6) is 0 Å². The van der Waals surface area contributed by atoms with Crippen LogP contribution in [0.3, 0.4) is 0 Å². The van der Waals surface area contributed by atoms with E-state index in [0.717, 1.165) is 54.2 Å². The molecule has 39 heavy (non-hydrogen) atoms. The smallest absolute Gasteiger partial charge is 0.475 e. The number of fused-ring (bicyclic) bond motifs is 1. The molecule has 2 aromatic carbocycles. The first-order chi connectivity index (χ1) is 18.5. The van der Waals surface area contributed by atoms with E-state index in [1.54, 1.807) is 0 Å². The van der Waals surface area contributed by atoms with Gasteiger partial charge in [-0.25, -0.2) is 9.78 Å². The molecule has 9 nitrogen and oxygen atoms in total. The molecule has 1 unspecified atom stereocenters. The highest BCUT2D eigenvalue weighted by molar-refractivity contribution is 5.95. The predicted octanol–water partition coefficient (Wildman–Crippen LogP) is 5.06. The van der Waals surface area contributed by atoms with E-state index in [9.17, 15) is 18.4 Å². The highest BCUT2D eigenvalue weighted by Gasteiger charge is 2.38. The number of aliphatic carboxylic acids is 1. The fraction of sp³-hybridized carbons (Fsp3) is 0.370. The summed E-state index contributed by atoms with van der Waals surface area (Å²) in [6, 6.07) is 16.2. The van der Waals surface area contributed by atoms with E-state index in [-0.39, 0.29) is 6.04 Å². The molecule has 1 saturated heterocycles. The number of nitriles is 1. The van der Waals surface area contributed by atoms with Crippen molar-refractivity contribution in [3.05, 3.63) is 60.3 Å². The van der Waals surface area contributed by atoms with Gasteiger partial charge < -0.3 is 20.2 Å². The van der Waals surface area contributed by atoms with Gasteiger partial charge in [0.05, 0.1) is 17.2 Å². The van der Waals surface area contributed by atoms with Crippen molar-refractivity contribution in [3.63, 3.8) is 0 Å². The molecule has 2 N–H and O–H groups in total. The molecule has 0 bridgehead atoms. The summed E-state index contributed by atoms with van der Waals surface area (Å²) < 4.78 is 31.7. The van der Waals surface area contributed by atoms with Crippen molar-refractivity contribution in [2.24, 2.45) is 10.9 Å². The Kier molecular flexibility index (Phi) is 9.65. The Morgan fingerprint density at radius 1 is 1.13 bits per heavy atom. The Morgan fingerprint density at radius 3 is 2.38 bits per heavy atom. The SMILES string of the molecule is Cc1ccccc1N/C(=N\C#N)N1CCN(c2cnc3ccccc3n2)CCC1C(C)C.O=C(O)C(F)(F)F. The van der Waals surface area contributed by atoms with E-state index in [0.29, 0.717) is 11.9 Å². The number of nitrogens with zero attached hydrogens (tertiary/aromatic N) is 6. The van der Waals surface area contributed by atoms with Gasteiger partial charge in [-0.1, -0.05) is 44.2 Å². The third-order valence-corrected chi connectivity index (χ3v) is 6.30. The summed E-state index contributed by atoms with van der Waals surface area (Å²) in [5.74, 6) is -0.863. The van der Waals surface area contributed by atoms with Crippen molar-refractivity contribution in [2.75, 3.05) is 29.9 Å². The van der Waals surface area contributed by atoms with E-state index in [1.165, 1.54) is 0 Å². The number of hydrogen-bond donors (Lipinski definition) is 2. The molecule has 4 rings (SSSR count). The number of carboxylic acids is 1. The number of aryl methyl sites for hydroxylation is 1. The monoisotopic (exact) mass is 541 g/mol. The number of halogens is 3. The summed E-state index contributed by atoms with van der Waals surface area (Å²) in [6.45, 7) is 8.88.